The fourth-order valence-corrected chi connectivity index (χ4v) is 1.52. The van der Waals surface area contributed by atoms with Crippen molar-refractivity contribution in [2.24, 2.45) is 0 Å². The molecule has 0 unspecified atom stereocenters. The number of ether oxygens (including phenoxy) is 1. The van der Waals surface area contributed by atoms with Gasteiger partial charge in [-0.2, -0.15) is 0 Å². The Kier molecular flexibility index (Phi) is 2.50. The van der Waals surface area contributed by atoms with Crippen molar-refractivity contribution in [1.29, 1.82) is 0 Å². The number of carbonyl (C=O) groups excluding carboxylic acids is 1. The number of esters is 1. The molecule has 0 bridgehead atoms. The van der Waals surface area contributed by atoms with Gasteiger partial charge in [0.2, 0.25) is 0 Å². The molecule has 0 spiro atoms. The zero-order valence-electron chi connectivity index (χ0n) is 8.07. The van der Waals surface area contributed by atoms with Gasteiger partial charge in [-0.05, 0) is 5.56 Å². The van der Waals surface area contributed by atoms with Crippen molar-refractivity contribution in [3.8, 4) is 0 Å². The molecule has 0 aromatic heterocycles. The second-order valence-corrected chi connectivity index (χ2v) is 3.46. The van der Waals surface area contributed by atoms with Gasteiger partial charge in [0, 0.05) is 6.92 Å². The van der Waals surface area contributed by atoms with Gasteiger partial charge in [0.05, 0.1) is 12.1 Å². The molecule has 0 radical (unpaired) electrons. The van der Waals surface area contributed by atoms with E-state index in [0.29, 0.717) is 18.7 Å². The molecule has 1 saturated heterocycles. The Morgan fingerprint density at radius 3 is 2.79 bits per heavy atom. The molecule has 1 aromatic rings. The standard InChI is InChI=1S/C11H13NO2/c1-8(13)14-7-10-11(12-10)9-5-3-2-4-6-9/h2-6,10-12H,7H2,1H3/t10-,11+/m1/s1. The van der Waals surface area contributed by atoms with Crippen LogP contribution >= 0.6 is 0 Å². The fraction of sp³-hybridized carbons (Fsp3) is 0.364. The highest BCUT2D eigenvalue weighted by Gasteiger charge is 2.37. The second kappa shape index (κ2) is 3.80. The Morgan fingerprint density at radius 1 is 1.43 bits per heavy atom. The molecule has 3 nitrogen and oxygen atoms in total. The third-order valence-corrected chi connectivity index (χ3v) is 2.31. The van der Waals surface area contributed by atoms with Gasteiger partial charge < -0.3 is 10.1 Å². The molecule has 1 fully saturated rings. The van der Waals surface area contributed by atoms with E-state index in [-0.39, 0.29) is 5.97 Å². The van der Waals surface area contributed by atoms with Gasteiger partial charge in [-0.15, -0.1) is 0 Å². The Hall–Kier alpha value is -1.35. The predicted molar refractivity (Wildman–Crippen MR) is 52.7 cm³/mol. The maximum atomic E-state index is 10.6. The lowest BCUT2D eigenvalue weighted by molar-refractivity contribution is -0.140. The van der Waals surface area contributed by atoms with Gasteiger partial charge in [-0.1, -0.05) is 30.3 Å². The Labute approximate surface area is 83.1 Å². The first kappa shape index (κ1) is 9.21. The van der Waals surface area contributed by atoms with Crippen molar-refractivity contribution in [2.45, 2.75) is 19.0 Å². The molecule has 1 heterocycles. The summed E-state index contributed by atoms with van der Waals surface area (Å²) in [6, 6.07) is 10.8. The molecule has 0 amide bonds. The van der Waals surface area contributed by atoms with Crippen LogP contribution in [0.4, 0.5) is 0 Å². The Balaban J connectivity index is 1.85. The first-order valence-electron chi connectivity index (χ1n) is 4.72. The molecule has 0 saturated carbocycles. The van der Waals surface area contributed by atoms with Gasteiger partial charge >= 0.3 is 5.97 Å². The van der Waals surface area contributed by atoms with E-state index in [2.05, 4.69) is 17.4 Å². The average Bonchev–Trinajstić information content (AvgIpc) is 2.95. The van der Waals surface area contributed by atoms with Crippen molar-refractivity contribution < 1.29 is 9.53 Å². The first-order chi connectivity index (χ1) is 6.77. The summed E-state index contributed by atoms with van der Waals surface area (Å²) < 4.78 is 4.92. The topological polar surface area (TPSA) is 48.2 Å². The molecule has 74 valence electrons. The molecule has 1 aromatic carbocycles. The minimum absolute atomic E-state index is 0.217. The second-order valence-electron chi connectivity index (χ2n) is 3.46. The van der Waals surface area contributed by atoms with Crippen molar-refractivity contribution in [2.75, 3.05) is 6.61 Å². The van der Waals surface area contributed by atoms with Crippen LogP contribution in [0.25, 0.3) is 0 Å². The summed E-state index contributed by atoms with van der Waals surface area (Å²) in [5, 5.41) is 3.26. The molecule has 2 atom stereocenters. The van der Waals surface area contributed by atoms with Crippen molar-refractivity contribution in [3.63, 3.8) is 0 Å². The van der Waals surface area contributed by atoms with Gasteiger partial charge in [-0.25, -0.2) is 0 Å². The molecule has 0 aliphatic carbocycles. The molecule has 3 heteroatoms. The molecule has 1 aliphatic heterocycles. The highest BCUT2D eigenvalue weighted by Crippen LogP contribution is 2.29. The molecule has 2 rings (SSSR count). The number of nitrogens with one attached hydrogen (secondary N) is 1. The van der Waals surface area contributed by atoms with Crippen LogP contribution in [0.2, 0.25) is 0 Å². The molecular formula is C11H13NO2. The quantitative estimate of drug-likeness (QED) is 0.578. The zero-order valence-corrected chi connectivity index (χ0v) is 8.07. The van der Waals surface area contributed by atoms with Gasteiger partial charge in [0.1, 0.15) is 6.61 Å². The summed E-state index contributed by atoms with van der Waals surface area (Å²) in [6.45, 7) is 1.90. The predicted octanol–water partition coefficient (Wildman–Crippen LogP) is 1.26. The maximum absolute atomic E-state index is 10.6. The molecule has 14 heavy (non-hydrogen) atoms. The SMILES string of the molecule is CC(=O)OC[C@H]1N[C@H]1c1ccccc1. The minimum Gasteiger partial charge on any atom is -0.464 e. The lowest BCUT2D eigenvalue weighted by Gasteiger charge is -1.98. The van der Waals surface area contributed by atoms with Crippen LogP contribution in [0.3, 0.4) is 0 Å². The van der Waals surface area contributed by atoms with Gasteiger partial charge in [0.15, 0.2) is 0 Å². The molecular weight excluding hydrogens is 178 g/mol. The third kappa shape index (κ3) is 2.12. The number of rotatable bonds is 3. The van der Waals surface area contributed by atoms with Crippen LogP contribution in [-0.4, -0.2) is 18.6 Å². The normalized spacial score (nSPS) is 24.4. The van der Waals surface area contributed by atoms with Crippen LogP contribution in [0.1, 0.15) is 18.5 Å². The first-order valence-corrected chi connectivity index (χ1v) is 4.72. The lowest BCUT2D eigenvalue weighted by Crippen LogP contribution is -2.08. The Morgan fingerprint density at radius 2 is 2.14 bits per heavy atom. The third-order valence-electron chi connectivity index (χ3n) is 2.31. The highest BCUT2D eigenvalue weighted by molar-refractivity contribution is 5.66. The summed E-state index contributed by atoms with van der Waals surface area (Å²) in [6.07, 6.45) is 0. The number of hydrogen-bond acceptors (Lipinski definition) is 3. The van der Waals surface area contributed by atoms with Gasteiger partial charge in [0.25, 0.3) is 0 Å². The van der Waals surface area contributed by atoms with Crippen LogP contribution in [0.15, 0.2) is 30.3 Å². The number of carbonyl (C=O) groups is 1. The van der Waals surface area contributed by atoms with E-state index in [4.69, 9.17) is 4.74 Å². The fourth-order valence-electron chi connectivity index (χ4n) is 1.52. The summed E-state index contributed by atoms with van der Waals surface area (Å²) in [4.78, 5) is 10.6. The van der Waals surface area contributed by atoms with Crippen LogP contribution in [-0.2, 0) is 9.53 Å². The van der Waals surface area contributed by atoms with Crippen molar-refractivity contribution >= 4 is 5.97 Å². The van der Waals surface area contributed by atoms with E-state index in [1.165, 1.54) is 12.5 Å². The van der Waals surface area contributed by atoms with Crippen LogP contribution in [0, 0.1) is 0 Å². The Bertz CT molecular complexity index is 323. The van der Waals surface area contributed by atoms with Crippen LogP contribution in [0.5, 0.6) is 0 Å². The molecule has 1 aliphatic rings. The van der Waals surface area contributed by atoms with Crippen LogP contribution < -0.4 is 5.32 Å². The minimum atomic E-state index is -0.217. The summed E-state index contributed by atoms with van der Waals surface area (Å²) >= 11 is 0. The van der Waals surface area contributed by atoms with E-state index in [9.17, 15) is 4.79 Å². The van der Waals surface area contributed by atoms with Gasteiger partial charge in [-0.3, -0.25) is 4.79 Å². The van der Waals surface area contributed by atoms with E-state index >= 15 is 0 Å². The lowest BCUT2D eigenvalue weighted by atomic mass is 10.1. The van der Waals surface area contributed by atoms with E-state index in [0.717, 1.165) is 0 Å². The summed E-state index contributed by atoms with van der Waals surface area (Å²) in [5.74, 6) is -0.217. The van der Waals surface area contributed by atoms with E-state index < -0.39 is 0 Å². The monoisotopic (exact) mass is 191 g/mol. The number of hydrogen-bond donors (Lipinski definition) is 1. The average molecular weight is 191 g/mol. The maximum Gasteiger partial charge on any atom is 0.302 e. The summed E-state index contributed by atoms with van der Waals surface area (Å²) in [5.41, 5.74) is 1.25. The largest absolute Gasteiger partial charge is 0.464 e. The zero-order chi connectivity index (χ0) is 9.97. The van der Waals surface area contributed by atoms with Crippen molar-refractivity contribution in [1.82, 2.24) is 5.32 Å². The summed E-state index contributed by atoms with van der Waals surface area (Å²) in [7, 11) is 0. The number of benzene rings is 1. The highest BCUT2D eigenvalue weighted by atomic mass is 16.5. The van der Waals surface area contributed by atoms with E-state index in [1.54, 1.807) is 0 Å². The van der Waals surface area contributed by atoms with Crippen molar-refractivity contribution in [3.05, 3.63) is 35.9 Å². The van der Waals surface area contributed by atoms with E-state index in [1.807, 2.05) is 18.2 Å². The molecule has 1 N–H and O–H groups in total. The smallest absolute Gasteiger partial charge is 0.302 e.